The molecular formula is C30H31ClF3N5O5. The number of aliphatic hydroxyl groups is 1. The molecule has 2 aromatic carbocycles. The van der Waals surface area contributed by atoms with Crippen LogP contribution in [0, 0.1) is 5.92 Å². The normalized spacial score (nSPS) is 17.1. The Morgan fingerprint density at radius 1 is 1.14 bits per heavy atom. The van der Waals surface area contributed by atoms with E-state index in [9.17, 15) is 28.2 Å². The summed E-state index contributed by atoms with van der Waals surface area (Å²) in [6.45, 7) is 0.666. The van der Waals surface area contributed by atoms with Crippen LogP contribution in [0.3, 0.4) is 0 Å². The van der Waals surface area contributed by atoms with Gasteiger partial charge in [0.1, 0.15) is 18.2 Å². The van der Waals surface area contributed by atoms with Gasteiger partial charge in [-0.2, -0.15) is 0 Å². The Balaban J connectivity index is 1.29. The summed E-state index contributed by atoms with van der Waals surface area (Å²) in [6.07, 6.45) is -1.20. The number of nitrogens with zero attached hydrogens (tertiary/aromatic N) is 3. The van der Waals surface area contributed by atoms with Gasteiger partial charge in [0.25, 0.3) is 0 Å². The minimum Gasteiger partial charge on any atom is -0.487 e. The van der Waals surface area contributed by atoms with Crippen molar-refractivity contribution in [3.63, 3.8) is 0 Å². The van der Waals surface area contributed by atoms with Crippen LogP contribution >= 0.6 is 11.6 Å². The zero-order chi connectivity index (χ0) is 31.6. The number of carboxylic acids is 1. The summed E-state index contributed by atoms with van der Waals surface area (Å²) in [7, 11) is 0. The summed E-state index contributed by atoms with van der Waals surface area (Å²) in [5.74, 6) is 5.65. The number of aromatic nitrogens is 1. The molecule has 0 amide bonds. The molecule has 0 unspecified atom stereocenters. The van der Waals surface area contributed by atoms with Gasteiger partial charge in [0.05, 0.1) is 27.6 Å². The largest absolute Gasteiger partial charge is 0.573 e. The smallest absolute Gasteiger partial charge is 0.487 e. The van der Waals surface area contributed by atoms with E-state index < -0.39 is 23.7 Å². The topological polar surface area (TPSA) is 147 Å². The highest BCUT2D eigenvalue weighted by Crippen LogP contribution is 2.41. The fraction of sp³-hybridized carbons (Fsp3) is 0.333. The second-order valence-corrected chi connectivity index (χ2v) is 11.1. The van der Waals surface area contributed by atoms with Crippen molar-refractivity contribution in [2.45, 2.75) is 37.6 Å². The molecule has 1 aliphatic carbocycles. The number of nitrogens with two attached hydrogens (primary N) is 2. The van der Waals surface area contributed by atoms with E-state index >= 15 is 0 Å². The highest BCUT2D eigenvalue weighted by Gasteiger charge is 2.37. The van der Waals surface area contributed by atoms with Crippen LogP contribution in [0.2, 0.25) is 5.02 Å². The lowest BCUT2D eigenvalue weighted by molar-refractivity contribution is -0.274. The van der Waals surface area contributed by atoms with Crippen LogP contribution in [0.25, 0.3) is 0 Å². The Kier molecular flexibility index (Phi) is 8.82. The lowest BCUT2D eigenvalue weighted by atomic mass is 9.84. The molecule has 2 heterocycles. The van der Waals surface area contributed by atoms with Crippen LogP contribution in [-0.4, -0.2) is 47.2 Å². The Labute approximate surface area is 256 Å². The van der Waals surface area contributed by atoms with Crippen molar-refractivity contribution in [2.24, 2.45) is 17.5 Å². The van der Waals surface area contributed by atoms with Gasteiger partial charge in [-0.3, -0.25) is 5.01 Å². The van der Waals surface area contributed by atoms with Gasteiger partial charge in [-0.05, 0) is 62.1 Å². The van der Waals surface area contributed by atoms with E-state index in [1.54, 1.807) is 18.2 Å². The van der Waals surface area contributed by atoms with Gasteiger partial charge in [0.15, 0.2) is 5.75 Å². The standard InChI is InChI=1S/C30H31ClF3N5O5/c31-22-16-20(7-8-21(22)29(42)10-13-38(14-11-29)26-15-19(28(40)41)9-12-37-26)43-17-24(27(35)18-5-6-18)39(36)23-3-1-2-4-25(23)44-30(32,33)34/h1-4,7-9,12,15-16,18,42H,5-6,10-11,13-14,17,35-36H2,(H,40,41)/b27-24-. The number of alkyl halides is 3. The van der Waals surface area contributed by atoms with Crippen molar-refractivity contribution >= 4 is 29.1 Å². The van der Waals surface area contributed by atoms with Gasteiger partial charge in [-0.15, -0.1) is 13.2 Å². The predicted octanol–water partition coefficient (Wildman–Crippen LogP) is 5.16. The third-order valence-corrected chi connectivity index (χ3v) is 8.03. The van der Waals surface area contributed by atoms with Gasteiger partial charge in [0.2, 0.25) is 0 Å². The summed E-state index contributed by atoms with van der Waals surface area (Å²) in [6, 6.07) is 13.2. The first-order valence-corrected chi connectivity index (χ1v) is 14.2. The molecule has 1 aliphatic heterocycles. The van der Waals surface area contributed by atoms with Crippen molar-refractivity contribution in [1.29, 1.82) is 0 Å². The lowest BCUT2D eigenvalue weighted by Crippen LogP contribution is -2.43. The molecule has 0 atom stereocenters. The monoisotopic (exact) mass is 633 g/mol. The van der Waals surface area contributed by atoms with Crippen molar-refractivity contribution in [2.75, 3.05) is 29.6 Å². The van der Waals surface area contributed by atoms with Gasteiger partial charge in [-0.25, -0.2) is 15.6 Å². The second-order valence-electron chi connectivity index (χ2n) is 10.7. The number of rotatable bonds is 10. The van der Waals surface area contributed by atoms with Crippen molar-refractivity contribution in [1.82, 2.24) is 4.98 Å². The van der Waals surface area contributed by atoms with E-state index in [0.717, 1.165) is 23.9 Å². The Morgan fingerprint density at radius 2 is 1.84 bits per heavy atom. The number of hydrogen-bond donors (Lipinski definition) is 4. The Morgan fingerprint density at radius 3 is 2.48 bits per heavy atom. The predicted molar refractivity (Wildman–Crippen MR) is 157 cm³/mol. The molecule has 2 fully saturated rings. The number of ether oxygens (including phenoxy) is 2. The molecule has 1 aromatic heterocycles. The van der Waals surface area contributed by atoms with Gasteiger partial charge >= 0.3 is 12.3 Å². The number of halogens is 4. The summed E-state index contributed by atoms with van der Waals surface area (Å²) in [5.41, 5.74) is 6.39. The van der Waals surface area contributed by atoms with E-state index in [2.05, 4.69) is 9.72 Å². The number of piperidine rings is 1. The minimum atomic E-state index is -4.92. The molecule has 234 valence electrons. The molecule has 14 heteroatoms. The van der Waals surface area contributed by atoms with Gasteiger partial charge in [-0.1, -0.05) is 29.8 Å². The molecule has 2 aliphatic rings. The fourth-order valence-corrected chi connectivity index (χ4v) is 5.50. The number of pyridine rings is 1. The first-order valence-electron chi connectivity index (χ1n) is 13.8. The zero-order valence-electron chi connectivity index (χ0n) is 23.4. The maximum Gasteiger partial charge on any atom is 0.573 e. The van der Waals surface area contributed by atoms with Crippen molar-refractivity contribution in [3.05, 3.63) is 88.3 Å². The van der Waals surface area contributed by atoms with Crippen LogP contribution < -0.4 is 31.0 Å². The molecular weight excluding hydrogens is 603 g/mol. The summed E-state index contributed by atoms with van der Waals surface area (Å²) in [5, 5.41) is 22.1. The number of aromatic carboxylic acids is 1. The molecule has 44 heavy (non-hydrogen) atoms. The summed E-state index contributed by atoms with van der Waals surface area (Å²) < 4.78 is 49.2. The number of carboxylic acid groups (broad SMARTS) is 1. The molecule has 0 bridgehead atoms. The minimum absolute atomic E-state index is 0.0308. The van der Waals surface area contributed by atoms with E-state index in [4.69, 9.17) is 27.9 Å². The fourth-order valence-electron chi connectivity index (χ4n) is 5.15. The van der Waals surface area contributed by atoms with Gasteiger partial charge < -0.3 is 30.3 Å². The van der Waals surface area contributed by atoms with E-state index in [1.807, 2.05) is 4.90 Å². The number of hydrazine groups is 1. The van der Waals surface area contributed by atoms with Crippen molar-refractivity contribution in [3.8, 4) is 11.5 Å². The number of benzene rings is 2. The van der Waals surface area contributed by atoms with Gasteiger partial charge in [0, 0.05) is 36.5 Å². The second kappa shape index (κ2) is 12.4. The van der Waals surface area contributed by atoms with Crippen LogP contribution in [0.5, 0.6) is 11.5 Å². The lowest BCUT2D eigenvalue weighted by Gasteiger charge is -2.39. The SMILES string of the molecule is N/C(=C(/COc1ccc(C2(O)CCN(c3cc(C(=O)O)ccn3)CC2)c(Cl)c1)N(N)c1ccccc1OC(F)(F)F)C1CC1. The molecule has 1 saturated carbocycles. The van der Waals surface area contributed by atoms with E-state index in [0.29, 0.717) is 48.8 Å². The zero-order valence-corrected chi connectivity index (χ0v) is 24.2. The number of anilines is 2. The van der Waals surface area contributed by atoms with Crippen LogP contribution in [0.4, 0.5) is 24.7 Å². The maximum absolute atomic E-state index is 13.0. The molecule has 0 spiro atoms. The number of carbonyl (C=O) groups is 1. The highest BCUT2D eigenvalue weighted by molar-refractivity contribution is 6.31. The van der Waals surface area contributed by atoms with Crippen molar-refractivity contribution < 1.29 is 37.7 Å². The number of hydrogen-bond acceptors (Lipinski definition) is 9. The molecule has 3 aromatic rings. The molecule has 10 nitrogen and oxygen atoms in total. The summed E-state index contributed by atoms with van der Waals surface area (Å²) in [4.78, 5) is 17.5. The van der Waals surface area contributed by atoms with E-state index in [1.165, 1.54) is 36.5 Å². The Hall–Kier alpha value is -4.20. The third-order valence-electron chi connectivity index (χ3n) is 7.72. The summed E-state index contributed by atoms with van der Waals surface area (Å²) >= 11 is 6.61. The average Bonchev–Trinajstić information content (AvgIpc) is 3.83. The maximum atomic E-state index is 13.0. The van der Waals surface area contributed by atoms with Crippen LogP contribution in [-0.2, 0) is 5.60 Å². The Bertz CT molecular complexity index is 1560. The van der Waals surface area contributed by atoms with E-state index in [-0.39, 0.29) is 34.5 Å². The first-order chi connectivity index (χ1) is 20.8. The van der Waals surface area contributed by atoms with Crippen LogP contribution in [0.1, 0.15) is 41.6 Å². The van der Waals surface area contributed by atoms with Crippen LogP contribution in [0.15, 0.2) is 72.2 Å². The number of allylic oxidation sites excluding steroid dienone is 1. The third kappa shape index (κ3) is 7.12. The molecule has 1 saturated heterocycles. The molecule has 5 rings (SSSR count). The number of para-hydroxylation sites is 2. The molecule has 6 N–H and O–H groups in total. The first kappa shape index (κ1) is 31.2. The average molecular weight is 634 g/mol. The molecule has 0 radical (unpaired) electrons. The quantitative estimate of drug-likeness (QED) is 0.174. The highest BCUT2D eigenvalue weighted by atomic mass is 35.5.